The number of amides is 2. The Morgan fingerprint density at radius 3 is 2.31 bits per heavy atom. The van der Waals surface area contributed by atoms with Crippen molar-refractivity contribution in [2.24, 2.45) is 17.1 Å². The Bertz CT molecular complexity index is 1550. The SMILES string of the molecule is NC(=O)C1CC2(CCC(S(=O)(=O)c3ccc(NC(=O)c4nnc(Nc5ccc(OCC(F)(F)F)nc5)s4)cc3)CC2)C1. The molecule has 1 aromatic carbocycles. The summed E-state index contributed by atoms with van der Waals surface area (Å²) in [6.45, 7) is -1.46. The Morgan fingerprint density at radius 1 is 1.05 bits per heavy atom. The Morgan fingerprint density at radius 2 is 1.71 bits per heavy atom. The Balaban J connectivity index is 1.13. The summed E-state index contributed by atoms with van der Waals surface area (Å²) in [5.74, 6) is -1.14. The fourth-order valence-corrected chi connectivity index (χ4v) is 7.81. The van der Waals surface area contributed by atoms with E-state index < -0.39 is 33.8 Å². The van der Waals surface area contributed by atoms with Crippen LogP contribution in [0.25, 0.3) is 0 Å². The first-order valence-electron chi connectivity index (χ1n) is 13.0. The van der Waals surface area contributed by atoms with E-state index in [0.717, 1.165) is 37.0 Å². The highest BCUT2D eigenvalue weighted by Gasteiger charge is 2.49. The molecule has 2 aliphatic carbocycles. The van der Waals surface area contributed by atoms with Gasteiger partial charge in [-0.1, -0.05) is 11.3 Å². The average Bonchev–Trinajstić information content (AvgIpc) is 3.40. The molecule has 2 aromatic heterocycles. The first-order chi connectivity index (χ1) is 19.8. The van der Waals surface area contributed by atoms with Crippen LogP contribution in [0, 0.1) is 11.3 Å². The largest absolute Gasteiger partial charge is 0.468 e. The van der Waals surface area contributed by atoms with Crippen LogP contribution in [0.1, 0.15) is 48.3 Å². The van der Waals surface area contributed by atoms with Crippen molar-refractivity contribution in [2.45, 2.75) is 54.8 Å². The summed E-state index contributed by atoms with van der Waals surface area (Å²) in [6, 6.07) is 8.63. The van der Waals surface area contributed by atoms with E-state index >= 15 is 0 Å². The number of nitrogens with two attached hydrogens (primary N) is 1. The van der Waals surface area contributed by atoms with Crippen molar-refractivity contribution in [2.75, 3.05) is 17.2 Å². The quantitative estimate of drug-likeness (QED) is 0.311. The number of rotatable bonds is 9. The molecule has 2 amide bonds. The molecule has 2 fully saturated rings. The number of pyridine rings is 1. The normalized spacial score (nSPS) is 22.3. The number of sulfone groups is 1. The molecular formula is C26H27F3N6O5S2. The minimum Gasteiger partial charge on any atom is -0.468 e. The van der Waals surface area contributed by atoms with Crippen LogP contribution in [0.15, 0.2) is 47.5 Å². The molecule has 4 N–H and O–H groups in total. The third-order valence-electron chi connectivity index (χ3n) is 7.62. The number of carbonyl (C=O) groups excluding carboxylic acids is 2. The zero-order chi connectivity index (χ0) is 30.1. The zero-order valence-corrected chi connectivity index (χ0v) is 23.7. The van der Waals surface area contributed by atoms with Crippen LogP contribution in [0.5, 0.6) is 5.88 Å². The van der Waals surface area contributed by atoms with E-state index in [2.05, 4.69) is 30.6 Å². The van der Waals surface area contributed by atoms with E-state index in [1.165, 1.54) is 42.6 Å². The van der Waals surface area contributed by atoms with E-state index in [0.29, 0.717) is 24.2 Å². The van der Waals surface area contributed by atoms with Crippen molar-refractivity contribution >= 4 is 49.5 Å². The number of hydrogen-bond donors (Lipinski definition) is 3. The average molecular weight is 625 g/mol. The molecule has 0 saturated heterocycles. The topological polar surface area (TPSA) is 166 Å². The molecule has 16 heteroatoms. The van der Waals surface area contributed by atoms with Gasteiger partial charge in [0.2, 0.25) is 21.9 Å². The van der Waals surface area contributed by atoms with Crippen molar-refractivity contribution in [3.8, 4) is 5.88 Å². The van der Waals surface area contributed by atoms with Gasteiger partial charge in [-0.25, -0.2) is 13.4 Å². The number of aromatic nitrogens is 3. The minimum atomic E-state index is -4.48. The highest BCUT2D eigenvalue weighted by atomic mass is 32.2. The molecule has 0 aliphatic heterocycles. The molecule has 5 rings (SSSR count). The Kier molecular flexibility index (Phi) is 8.11. The fourth-order valence-electron chi connectivity index (χ4n) is 5.40. The van der Waals surface area contributed by atoms with Crippen molar-refractivity contribution in [1.29, 1.82) is 0 Å². The molecule has 11 nitrogen and oxygen atoms in total. The fraction of sp³-hybridized carbons (Fsp3) is 0.423. The van der Waals surface area contributed by atoms with Crippen molar-refractivity contribution in [3.63, 3.8) is 0 Å². The smallest absolute Gasteiger partial charge is 0.422 e. The van der Waals surface area contributed by atoms with Gasteiger partial charge in [-0.05, 0) is 74.3 Å². The first-order valence-corrected chi connectivity index (χ1v) is 15.4. The van der Waals surface area contributed by atoms with Crippen molar-refractivity contribution < 1.29 is 35.9 Å². The van der Waals surface area contributed by atoms with Gasteiger partial charge in [-0.2, -0.15) is 13.2 Å². The number of hydrogen-bond acceptors (Lipinski definition) is 10. The van der Waals surface area contributed by atoms with Gasteiger partial charge in [-0.15, -0.1) is 10.2 Å². The number of anilines is 3. The summed E-state index contributed by atoms with van der Waals surface area (Å²) in [5, 5.41) is 13.0. The van der Waals surface area contributed by atoms with Crippen molar-refractivity contribution in [1.82, 2.24) is 15.2 Å². The van der Waals surface area contributed by atoms with E-state index in [-0.39, 0.29) is 38.2 Å². The molecule has 0 atom stereocenters. The second kappa shape index (κ2) is 11.5. The Hall–Kier alpha value is -3.79. The number of carbonyl (C=O) groups is 2. The molecule has 0 unspecified atom stereocenters. The molecule has 2 heterocycles. The maximum absolute atomic E-state index is 13.2. The van der Waals surface area contributed by atoms with E-state index in [9.17, 15) is 31.2 Å². The van der Waals surface area contributed by atoms with Gasteiger partial charge in [0, 0.05) is 17.7 Å². The number of primary amides is 1. The highest BCUT2D eigenvalue weighted by Crippen LogP contribution is 2.55. The third-order valence-corrected chi connectivity index (χ3v) is 10.7. The van der Waals surface area contributed by atoms with E-state index in [1.807, 2.05) is 0 Å². The van der Waals surface area contributed by atoms with Gasteiger partial charge in [0.05, 0.1) is 22.0 Å². The monoisotopic (exact) mass is 624 g/mol. The lowest BCUT2D eigenvalue weighted by atomic mass is 9.55. The summed E-state index contributed by atoms with van der Waals surface area (Å²) in [7, 11) is -3.56. The number of halogens is 3. The van der Waals surface area contributed by atoms with Crippen LogP contribution in [-0.2, 0) is 14.6 Å². The second-order valence-electron chi connectivity index (χ2n) is 10.6. The lowest BCUT2D eigenvalue weighted by molar-refractivity contribution is -0.154. The van der Waals surface area contributed by atoms with E-state index in [4.69, 9.17) is 5.73 Å². The molecule has 3 aromatic rings. The number of alkyl halides is 3. The molecule has 2 saturated carbocycles. The van der Waals surface area contributed by atoms with Crippen LogP contribution in [0.3, 0.4) is 0 Å². The number of nitrogens with one attached hydrogen (secondary N) is 2. The molecule has 1 spiro atoms. The predicted octanol–water partition coefficient (Wildman–Crippen LogP) is 4.47. The van der Waals surface area contributed by atoms with Crippen LogP contribution in [-0.4, -0.2) is 53.4 Å². The summed E-state index contributed by atoms with van der Waals surface area (Å²) >= 11 is 0.932. The van der Waals surface area contributed by atoms with E-state index in [1.54, 1.807) is 0 Å². The van der Waals surface area contributed by atoms with Gasteiger partial charge in [-0.3, -0.25) is 9.59 Å². The maximum atomic E-state index is 13.2. The second-order valence-corrected chi connectivity index (χ2v) is 13.8. The van der Waals surface area contributed by atoms with Gasteiger partial charge >= 0.3 is 6.18 Å². The molecule has 0 bridgehead atoms. The lowest BCUT2D eigenvalue weighted by Gasteiger charge is -2.50. The number of nitrogens with zero attached hydrogens (tertiary/aromatic N) is 3. The van der Waals surface area contributed by atoms with Gasteiger partial charge in [0.1, 0.15) is 0 Å². The molecule has 224 valence electrons. The maximum Gasteiger partial charge on any atom is 0.422 e. The minimum absolute atomic E-state index is 0.0259. The van der Waals surface area contributed by atoms with Crippen LogP contribution in [0.2, 0.25) is 0 Å². The molecule has 0 radical (unpaired) electrons. The third kappa shape index (κ3) is 6.81. The summed E-state index contributed by atoms with van der Waals surface area (Å²) < 4.78 is 67.8. The first kappa shape index (κ1) is 29.7. The van der Waals surface area contributed by atoms with Crippen LogP contribution >= 0.6 is 11.3 Å². The summed E-state index contributed by atoms with van der Waals surface area (Å²) in [4.78, 5) is 28.0. The predicted molar refractivity (Wildman–Crippen MR) is 147 cm³/mol. The lowest BCUT2D eigenvalue weighted by Crippen LogP contribution is -2.47. The molecular weight excluding hydrogens is 597 g/mol. The van der Waals surface area contributed by atoms with Gasteiger partial charge < -0.3 is 21.1 Å². The molecule has 2 aliphatic rings. The standard InChI is InChI=1S/C26H27F3N6O5S2/c27-26(28,29)14-40-20-6-3-17(13-31-20)33-24-35-34-23(41-24)22(37)32-16-1-4-18(5-2-16)42(38,39)19-7-9-25(10-8-19)11-15(12-25)21(30)36/h1-6,13,15,19H,7-12,14H2,(H2,30,36)(H,32,37)(H,33,35). The zero-order valence-electron chi connectivity index (χ0n) is 22.1. The summed E-state index contributed by atoms with van der Waals surface area (Å²) in [5.41, 5.74) is 6.19. The van der Waals surface area contributed by atoms with Crippen molar-refractivity contribution in [3.05, 3.63) is 47.6 Å². The number of benzene rings is 1. The Labute approximate surface area is 243 Å². The highest BCUT2D eigenvalue weighted by molar-refractivity contribution is 7.92. The van der Waals surface area contributed by atoms with Gasteiger partial charge in [0.25, 0.3) is 5.91 Å². The molecule has 42 heavy (non-hydrogen) atoms. The summed E-state index contributed by atoms with van der Waals surface area (Å²) in [6.07, 6.45) is 0.833. The van der Waals surface area contributed by atoms with Crippen LogP contribution < -0.4 is 21.1 Å². The number of ether oxygens (including phenoxy) is 1. The van der Waals surface area contributed by atoms with Gasteiger partial charge in [0.15, 0.2) is 16.4 Å². The van der Waals surface area contributed by atoms with Crippen LogP contribution in [0.4, 0.5) is 29.7 Å².